The average molecular weight is 194 g/mol. The predicted molar refractivity (Wildman–Crippen MR) is 55.4 cm³/mol. The Morgan fingerprint density at radius 2 is 2.36 bits per heavy atom. The standard InChI is InChI=1S/C11H18N2O/c1-9(2)10-6-12-13(7-10)11(3)4-5-14-8-11/h6-7,9H,4-5,8H2,1-3H3. The van der Waals surface area contributed by atoms with E-state index >= 15 is 0 Å². The van der Waals surface area contributed by atoms with Gasteiger partial charge in [-0.2, -0.15) is 5.10 Å². The predicted octanol–water partition coefficient (Wildman–Crippen LogP) is 2.14. The molecule has 1 saturated heterocycles. The smallest absolute Gasteiger partial charge is 0.0853 e. The Labute approximate surface area is 85.1 Å². The third-order valence-corrected chi connectivity index (χ3v) is 3.02. The van der Waals surface area contributed by atoms with Crippen molar-refractivity contribution >= 4 is 0 Å². The van der Waals surface area contributed by atoms with E-state index in [0.717, 1.165) is 19.6 Å². The molecular formula is C11H18N2O. The van der Waals surface area contributed by atoms with E-state index in [2.05, 4.69) is 36.7 Å². The molecule has 2 rings (SSSR count). The maximum Gasteiger partial charge on any atom is 0.0853 e. The first-order chi connectivity index (χ1) is 6.62. The van der Waals surface area contributed by atoms with Crippen LogP contribution in [-0.4, -0.2) is 23.0 Å². The van der Waals surface area contributed by atoms with Crippen LogP contribution in [0.2, 0.25) is 0 Å². The minimum absolute atomic E-state index is 0.0765. The summed E-state index contributed by atoms with van der Waals surface area (Å²) in [5.41, 5.74) is 1.38. The molecule has 0 amide bonds. The molecule has 1 unspecified atom stereocenters. The quantitative estimate of drug-likeness (QED) is 0.721. The van der Waals surface area contributed by atoms with Gasteiger partial charge in [-0.3, -0.25) is 4.68 Å². The summed E-state index contributed by atoms with van der Waals surface area (Å²) >= 11 is 0. The fourth-order valence-corrected chi connectivity index (χ4v) is 1.77. The van der Waals surface area contributed by atoms with Gasteiger partial charge in [0, 0.05) is 12.8 Å². The van der Waals surface area contributed by atoms with E-state index in [9.17, 15) is 0 Å². The molecule has 1 atom stereocenters. The lowest BCUT2D eigenvalue weighted by Gasteiger charge is -2.22. The normalized spacial score (nSPS) is 27.4. The average Bonchev–Trinajstić information content (AvgIpc) is 2.71. The molecule has 2 heterocycles. The van der Waals surface area contributed by atoms with Crippen molar-refractivity contribution in [3.63, 3.8) is 0 Å². The molecule has 14 heavy (non-hydrogen) atoms. The second-order valence-electron chi connectivity index (χ2n) is 4.67. The highest BCUT2D eigenvalue weighted by Gasteiger charge is 2.32. The van der Waals surface area contributed by atoms with E-state index in [4.69, 9.17) is 4.74 Å². The summed E-state index contributed by atoms with van der Waals surface area (Å²) in [7, 11) is 0. The molecule has 78 valence electrons. The van der Waals surface area contributed by atoms with Crippen molar-refractivity contribution in [2.24, 2.45) is 0 Å². The molecule has 1 aromatic heterocycles. The van der Waals surface area contributed by atoms with Crippen LogP contribution in [0.15, 0.2) is 12.4 Å². The molecule has 1 fully saturated rings. The minimum Gasteiger partial charge on any atom is -0.379 e. The summed E-state index contributed by atoms with van der Waals surface area (Å²) in [6.45, 7) is 8.22. The van der Waals surface area contributed by atoms with Crippen LogP contribution in [0.5, 0.6) is 0 Å². The summed E-state index contributed by atoms with van der Waals surface area (Å²) in [5.74, 6) is 0.551. The zero-order valence-electron chi connectivity index (χ0n) is 9.16. The molecule has 0 aliphatic carbocycles. The molecule has 3 heteroatoms. The Morgan fingerprint density at radius 3 is 2.86 bits per heavy atom. The van der Waals surface area contributed by atoms with Gasteiger partial charge in [0.05, 0.1) is 18.3 Å². The molecule has 1 aromatic rings. The van der Waals surface area contributed by atoms with Gasteiger partial charge < -0.3 is 4.74 Å². The molecule has 0 radical (unpaired) electrons. The van der Waals surface area contributed by atoms with Gasteiger partial charge in [0.2, 0.25) is 0 Å². The molecule has 3 nitrogen and oxygen atoms in total. The fourth-order valence-electron chi connectivity index (χ4n) is 1.77. The second-order valence-corrected chi connectivity index (χ2v) is 4.67. The molecule has 0 N–H and O–H groups in total. The van der Waals surface area contributed by atoms with Crippen LogP contribution >= 0.6 is 0 Å². The Balaban J connectivity index is 2.23. The first-order valence-electron chi connectivity index (χ1n) is 5.25. The molecular weight excluding hydrogens is 176 g/mol. The van der Waals surface area contributed by atoms with Gasteiger partial charge in [-0.25, -0.2) is 0 Å². The third-order valence-electron chi connectivity index (χ3n) is 3.02. The van der Waals surface area contributed by atoms with Gasteiger partial charge in [-0.15, -0.1) is 0 Å². The number of aromatic nitrogens is 2. The SMILES string of the molecule is CC(C)c1cnn(C2(C)CCOC2)c1. The lowest BCUT2D eigenvalue weighted by atomic mass is 10.0. The van der Waals surface area contributed by atoms with Gasteiger partial charge in [0.15, 0.2) is 0 Å². The fraction of sp³-hybridized carbons (Fsp3) is 0.727. The molecule has 0 aromatic carbocycles. The Kier molecular flexibility index (Phi) is 2.35. The van der Waals surface area contributed by atoms with Crippen molar-refractivity contribution in [2.75, 3.05) is 13.2 Å². The van der Waals surface area contributed by atoms with E-state index in [1.54, 1.807) is 0 Å². The Hall–Kier alpha value is -0.830. The third kappa shape index (κ3) is 1.57. The summed E-state index contributed by atoms with van der Waals surface area (Å²) in [6, 6.07) is 0. The molecule has 0 bridgehead atoms. The van der Waals surface area contributed by atoms with E-state index in [1.807, 2.05) is 6.20 Å². The topological polar surface area (TPSA) is 27.1 Å². The van der Waals surface area contributed by atoms with Gasteiger partial charge in [0.25, 0.3) is 0 Å². The maximum absolute atomic E-state index is 5.42. The first-order valence-corrected chi connectivity index (χ1v) is 5.25. The van der Waals surface area contributed by atoms with Crippen LogP contribution in [0.1, 0.15) is 38.7 Å². The maximum atomic E-state index is 5.42. The number of hydrogen-bond acceptors (Lipinski definition) is 2. The second kappa shape index (κ2) is 3.39. The highest BCUT2D eigenvalue weighted by Crippen LogP contribution is 2.27. The first kappa shape index (κ1) is 9.71. The van der Waals surface area contributed by atoms with Crippen molar-refractivity contribution in [1.82, 2.24) is 9.78 Å². The monoisotopic (exact) mass is 194 g/mol. The van der Waals surface area contributed by atoms with Crippen molar-refractivity contribution in [3.8, 4) is 0 Å². The number of nitrogens with zero attached hydrogens (tertiary/aromatic N) is 2. The lowest BCUT2D eigenvalue weighted by molar-refractivity contribution is 0.156. The Morgan fingerprint density at radius 1 is 1.57 bits per heavy atom. The zero-order chi connectivity index (χ0) is 10.2. The van der Waals surface area contributed by atoms with Crippen LogP contribution in [0.25, 0.3) is 0 Å². The van der Waals surface area contributed by atoms with Crippen LogP contribution in [-0.2, 0) is 10.3 Å². The highest BCUT2D eigenvalue weighted by molar-refractivity contribution is 5.10. The zero-order valence-corrected chi connectivity index (χ0v) is 9.16. The van der Waals surface area contributed by atoms with Crippen LogP contribution < -0.4 is 0 Å². The number of hydrogen-bond donors (Lipinski definition) is 0. The van der Waals surface area contributed by atoms with E-state index < -0.39 is 0 Å². The largest absolute Gasteiger partial charge is 0.379 e. The van der Waals surface area contributed by atoms with Crippen molar-refractivity contribution in [2.45, 2.75) is 38.6 Å². The van der Waals surface area contributed by atoms with Crippen LogP contribution in [0, 0.1) is 0 Å². The van der Waals surface area contributed by atoms with Gasteiger partial charge in [-0.05, 0) is 24.8 Å². The molecule has 1 aliphatic rings. The number of rotatable bonds is 2. The van der Waals surface area contributed by atoms with Crippen LogP contribution in [0.3, 0.4) is 0 Å². The van der Waals surface area contributed by atoms with E-state index in [1.165, 1.54) is 5.56 Å². The van der Waals surface area contributed by atoms with E-state index in [0.29, 0.717) is 5.92 Å². The van der Waals surface area contributed by atoms with Crippen molar-refractivity contribution < 1.29 is 4.74 Å². The molecule has 0 saturated carbocycles. The summed E-state index contributed by atoms with van der Waals surface area (Å²) < 4.78 is 7.49. The van der Waals surface area contributed by atoms with Gasteiger partial charge in [-0.1, -0.05) is 13.8 Å². The summed E-state index contributed by atoms with van der Waals surface area (Å²) in [6.07, 6.45) is 5.18. The number of ether oxygens (including phenoxy) is 1. The lowest BCUT2D eigenvalue weighted by Crippen LogP contribution is -2.30. The van der Waals surface area contributed by atoms with E-state index in [-0.39, 0.29) is 5.54 Å². The molecule has 1 aliphatic heterocycles. The highest BCUT2D eigenvalue weighted by atomic mass is 16.5. The molecule has 0 spiro atoms. The minimum atomic E-state index is 0.0765. The van der Waals surface area contributed by atoms with Gasteiger partial charge >= 0.3 is 0 Å². The van der Waals surface area contributed by atoms with Crippen molar-refractivity contribution in [1.29, 1.82) is 0 Å². The summed E-state index contributed by atoms with van der Waals surface area (Å²) in [4.78, 5) is 0. The van der Waals surface area contributed by atoms with Crippen molar-refractivity contribution in [3.05, 3.63) is 18.0 Å². The van der Waals surface area contributed by atoms with Gasteiger partial charge in [0.1, 0.15) is 0 Å². The summed E-state index contributed by atoms with van der Waals surface area (Å²) in [5, 5.41) is 4.43. The Bertz CT molecular complexity index is 311. The van der Waals surface area contributed by atoms with Crippen LogP contribution in [0.4, 0.5) is 0 Å².